The van der Waals surface area contributed by atoms with E-state index in [2.05, 4.69) is 44.6 Å². The second kappa shape index (κ2) is 6.26. The van der Waals surface area contributed by atoms with Crippen LogP contribution in [-0.2, 0) is 6.61 Å². The van der Waals surface area contributed by atoms with Crippen molar-refractivity contribution in [2.24, 2.45) is 0 Å². The molecule has 0 unspecified atom stereocenters. The van der Waals surface area contributed by atoms with E-state index < -0.39 is 0 Å². The number of nitrogen functional groups attached to an aromatic ring is 1. The highest BCUT2D eigenvalue weighted by atomic mass is 127. The number of anilines is 1. The molecule has 0 spiro atoms. The average molecular weight is 429 g/mol. The highest BCUT2D eigenvalue weighted by Crippen LogP contribution is 2.30. The molecule has 0 bridgehead atoms. The van der Waals surface area contributed by atoms with Crippen molar-refractivity contribution in [3.8, 4) is 11.8 Å². The summed E-state index contributed by atoms with van der Waals surface area (Å²) in [6.45, 7) is 0.444. The van der Waals surface area contributed by atoms with Gasteiger partial charge in [-0.15, -0.1) is 0 Å². The first-order valence-corrected chi connectivity index (χ1v) is 7.33. The molecule has 0 aliphatic carbocycles. The predicted molar refractivity (Wildman–Crippen MR) is 86.8 cm³/mol. The number of nitriles is 1. The summed E-state index contributed by atoms with van der Waals surface area (Å²) in [6.07, 6.45) is 0. The van der Waals surface area contributed by atoms with Crippen molar-refractivity contribution in [3.63, 3.8) is 0 Å². The maximum absolute atomic E-state index is 8.86. The van der Waals surface area contributed by atoms with Crippen molar-refractivity contribution >= 4 is 44.2 Å². The van der Waals surface area contributed by atoms with Gasteiger partial charge in [-0.05, 0) is 52.4 Å². The van der Waals surface area contributed by atoms with Crippen LogP contribution in [0.1, 0.15) is 11.1 Å². The van der Waals surface area contributed by atoms with Crippen LogP contribution in [0.4, 0.5) is 5.69 Å². The number of hydrogen-bond acceptors (Lipinski definition) is 3. The molecule has 0 saturated carbocycles. The van der Waals surface area contributed by atoms with Crippen LogP contribution in [-0.4, -0.2) is 0 Å². The molecular weight excluding hydrogens is 419 g/mol. The van der Waals surface area contributed by atoms with Gasteiger partial charge in [-0.3, -0.25) is 0 Å². The minimum atomic E-state index is 0.444. The van der Waals surface area contributed by atoms with Gasteiger partial charge in [0.1, 0.15) is 6.61 Å². The lowest BCUT2D eigenvalue weighted by Crippen LogP contribution is -2.01. The Morgan fingerprint density at radius 2 is 1.95 bits per heavy atom. The Hall–Kier alpha value is -1.26. The quantitative estimate of drug-likeness (QED) is 0.591. The minimum absolute atomic E-state index is 0.444. The van der Waals surface area contributed by atoms with Gasteiger partial charge in [0, 0.05) is 4.47 Å². The third-order valence-corrected chi connectivity index (χ3v) is 3.83. The van der Waals surface area contributed by atoms with Crippen LogP contribution in [0.15, 0.2) is 40.9 Å². The SMILES string of the molecule is N#Cc1cc(N)c(OCc2ccc(Br)cc2)c(I)c1. The Morgan fingerprint density at radius 1 is 1.26 bits per heavy atom. The Balaban J connectivity index is 2.16. The topological polar surface area (TPSA) is 59.0 Å². The summed E-state index contributed by atoms with van der Waals surface area (Å²) >= 11 is 5.51. The van der Waals surface area contributed by atoms with Gasteiger partial charge in [-0.1, -0.05) is 28.1 Å². The Labute approximate surface area is 133 Å². The lowest BCUT2D eigenvalue weighted by Gasteiger charge is -2.11. The summed E-state index contributed by atoms with van der Waals surface area (Å²) in [5.41, 5.74) is 7.98. The van der Waals surface area contributed by atoms with E-state index in [1.54, 1.807) is 12.1 Å². The minimum Gasteiger partial charge on any atom is -0.486 e. The number of halogens is 2. The fraction of sp³-hybridized carbons (Fsp3) is 0.0714. The molecule has 0 aliphatic rings. The summed E-state index contributed by atoms with van der Waals surface area (Å²) < 4.78 is 7.61. The van der Waals surface area contributed by atoms with Crippen molar-refractivity contribution in [1.82, 2.24) is 0 Å². The summed E-state index contributed by atoms with van der Waals surface area (Å²) in [5.74, 6) is 0.627. The lowest BCUT2D eigenvalue weighted by atomic mass is 10.2. The Bertz CT molecular complexity index is 612. The second-order valence-electron chi connectivity index (χ2n) is 3.90. The zero-order valence-electron chi connectivity index (χ0n) is 9.86. The fourth-order valence-electron chi connectivity index (χ4n) is 1.57. The molecule has 2 aromatic rings. The second-order valence-corrected chi connectivity index (χ2v) is 5.98. The zero-order chi connectivity index (χ0) is 13.8. The van der Waals surface area contributed by atoms with E-state index in [0.29, 0.717) is 23.6 Å². The smallest absolute Gasteiger partial charge is 0.156 e. The van der Waals surface area contributed by atoms with Gasteiger partial charge in [0.05, 0.1) is 20.9 Å². The standard InChI is InChI=1S/C14H10BrIN2O/c15-11-3-1-9(2-4-11)8-19-14-12(16)5-10(7-17)6-13(14)18/h1-6H,8,18H2. The average Bonchev–Trinajstić information content (AvgIpc) is 2.39. The van der Waals surface area contributed by atoms with E-state index in [1.807, 2.05) is 24.3 Å². The number of nitrogens with two attached hydrogens (primary N) is 1. The van der Waals surface area contributed by atoms with Gasteiger partial charge in [-0.25, -0.2) is 0 Å². The van der Waals surface area contributed by atoms with Gasteiger partial charge >= 0.3 is 0 Å². The van der Waals surface area contributed by atoms with Gasteiger partial charge in [0.2, 0.25) is 0 Å². The van der Waals surface area contributed by atoms with Crippen molar-refractivity contribution < 1.29 is 4.74 Å². The van der Waals surface area contributed by atoms with Crippen molar-refractivity contribution in [2.75, 3.05) is 5.73 Å². The van der Waals surface area contributed by atoms with E-state index in [1.165, 1.54) is 0 Å². The molecule has 0 radical (unpaired) electrons. The lowest BCUT2D eigenvalue weighted by molar-refractivity contribution is 0.306. The van der Waals surface area contributed by atoms with Gasteiger partial charge in [0.15, 0.2) is 5.75 Å². The number of rotatable bonds is 3. The van der Waals surface area contributed by atoms with E-state index in [0.717, 1.165) is 13.6 Å². The van der Waals surface area contributed by atoms with Crippen molar-refractivity contribution in [1.29, 1.82) is 5.26 Å². The molecule has 0 saturated heterocycles. The van der Waals surface area contributed by atoms with E-state index in [9.17, 15) is 0 Å². The molecule has 0 amide bonds. The summed E-state index contributed by atoms with van der Waals surface area (Å²) in [4.78, 5) is 0. The summed E-state index contributed by atoms with van der Waals surface area (Å²) in [7, 11) is 0. The molecule has 2 N–H and O–H groups in total. The number of hydrogen-bond donors (Lipinski definition) is 1. The largest absolute Gasteiger partial charge is 0.486 e. The molecule has 5 heteroatoms. The maximum atomic E-state index is 8.86. The summed E-state index contributed by atoms with van der Waals surface area (Å²) in [5, 5.41) is 8.86. The van der Waals surface area contributed by atoms with E-state index >= 15 is 0 Å². The third-order valence-electron chi connectivity index (χ3n) is 2.50. The van der Waals surface area contributed by atoms with Crippen LogP contribution in [0.25, 0.3) is 0 Å². The first kappa shape index (κ1) is 14.2. The van der Waals surface area contributed by atoms with Gasteiger partial charge < -0.3 is 10.5 Å². The number of benzene rings is 2. The van der Waals surface area contributed by atoms with Crippen LogP contribution in [0, 0.1) is 14.9 Å². The van der Waals surface area contributed by atoms with Crippen molar-refractivity contribution in [2.45, 2.75) is 6.61 Å². The highest BCUT2D eigenvalue weighted by Gasteiger charge is 2.08. The van der Waals surface area contributed by atoms with Gasteiger partial charge in [0.25, 0.3) is 0 Å². The molecule has 2 aromatic carbocycles. The van der Waals surface area contributed by atoms with Crippen LogP contribution in [0.5, 0.6) is 5.75 Å². The molecule has 0 aliphatic heterocycles. The molecule has 96 valence electrons. The molecule has 0 atom stereocenters. The zero-order valence-corrected chi connectivity index (χ0v) is 13.6. The monoisotopic (exact) mass is 428 g/mol. The molecule has 3 nitrogen and oxygen atoms in total. The highest BCUT2D eigenvalue weighted by molar-refractivity contribution is 14.1. The molecule has 0 aromatic heterocycles. The van der Waals surface area contributed by atoms with Crippen LogP contribution in [0.3, 0.4) is 0 Å². The maximum Gasteiger partial charge on any atom is 0.156 e. The molecule has 19 heavy (non-hydrogen) atoms. The predicted octanol–water partition coefficient (Wildman–Crippen LogP) is 4.09. The van der Waals surface area contributed by atoms with Gasteiger partial charge in [-0.2, -0.15) is 5.26 Å². The first-order valence-electron chi connectivity index (χ1n) is 5.46. The first-order chi connectivity index (χ1) is 9.10. The van der Waals surface area contributed by atoms with Crippen molar-refractivity contribution in [3.05, 3.63) is 55.6 Å². The normalized spacial score (nSPS) is 9.95. The number of ether oxygens (including phenoxy) is 1. The molecule has 2 rings (SSSR count). The number of nitrogens with zero attached hydrogens (tertiary/aromatic N) is 1. The van der Waals surface area contributed by atoms with Crippen LogP contribution in [0.2, 0.25) is 0 Å². The Morgan fingerprint density at radius 3 is 2.53 bits per heavy atom. The Kier molecular flexibility index (Phi) is 4.66. The molecule has 0 heterocycles. The molecular formula is C14H10BrIN2O. The third kappa shape index (κ3) is 3.61. The van der Waals surface area contributed by atoms with Crippen LogP contribution < -0.4 is 10.5 Å². The van der Waals surface area contributed by atoms with Crippen LogP contribution >= 0.6 is 38.5 Å². The van der Waals surface area contributed by atoms with E-state index in [4.69, 9.17) is 15.7 Å². The molecule has 0 fully saturated rings. The summed E-state index contributed by atoms with van der Waals surface area (Å²) in [6, 6.07) is 13.3. The fourth-order valence-corrected chi connectivity index (χ4v) is 2.63. The van der Waals surface area contributed by atoms with E-state index in [-0.39, 0.29) is 0 Å².